The van der Waals surface area contributed by atoms with Crippen LogP contribution in [0.5, 0.6) is 0 Å². The van der Waals surface area contributed by atoms with Gasteiger partial charge in [-0.3, -0.25) is 0 Å². The molecule has 1 rings (SSSR count). The Bertz CT molecular complexity index is 688. The van der Waals surface area contributed by atoms with Crippen molar-refractivity contribution >= 4 is 37.5 Å². The Kier molecular flexibility index (Phi) is 5.33. The van der Waals surface area contributed by atoms with Crippen molar-refractivity contribution in [1.29, 1.82) is 0 Å². The van der Waals surface area contributed by atoms with Crippen LogP contribution < -0.4 is 10.5 Å². The molecule has 0 aromatic carbocycles. The number of anilines is 1. The lowest BCUT2D eigenvalue weighted by Gasteiger charge is -2.12. The maximum atomic E-state index is 11.9. The first-order valence-electron chi connectivity index (χ1n) is 5.37. The maximum absolute atomic E-state index is 11.9. The third kappa shape index (κ3) is 4.28. The molecule has 0 aliphatic heterocycles. The number of hydrogen-bond donors (Lipinski definition) is 2. The van der Waals surface area contributed by atoms with Gasteiger partial charge in [0.2, 0.25) is 20.0 Å². The van der Waals surface area contributed by atoms with Crippen molar-refractivity contribution in [3.63, 3.8) is 0 Å². The van der Waals surface area contributed by atoms with E-state index in [-0.39, 0.29) is 28.0 Å². The monoisotopic (exact) mass is 342 g/mol. The highest BCUT2D eigenvalue weighted by Crippen LogP contribution is 2.19. The molecule has 0 spiro atoms. The molecule has 0 aliphatic carbocycles. The number of sulfonamides is 2. The van der Waals surface area contributed by atoms with Crippen molar-refractivity contribution in [3.8, 4) is 0 Å². The zero-order chi connectivity index (χ0) is 15.6. The van der Waals surface area contributed by atoms with Gasteiger partial charge >= 0.3 is 0 Å². The van der Waals surface area contributed by atoms with Gasteiger partial charge < -0.3 is 5.73 Å². The van der Waals surface area contributed by atoms with Crippen LogP contribution in [0.15, 0.2) is 17.2 Å². The van der Waals surface area contributed by atoms with E-state index in [4.69, 9.17) is 17.3 Å². The van der Waals surface area contributed by atoms with Crippen LogP contribution in [0.4, 0.5) is 5.82 Å². The lowest BCUT2D eigenvalue weighted by Crippen LogP contribution is -2.34. The van der Waals surface area contributed by atoms with Gasteiger partial charge in [0, 0.05) is 26.8 Å². The maximum Gasteiger partial charge on any atom is 0.242 e. The van der Waals surface area contributed by atoms with Crippen molar-refractivity contribution in [3.05, 3.63) is 17.3 Å². The standard InChI is InChI=1S/C9H15ClN4O4S2/c1-14(2)19(15,16)4-3-13-20(17,18)7-5-8(10)9(11)12-6-7/h5-6,13H,3-4H2,1-2H3,(H2,11,12). The van der Waals surface area contributed by atoms with Crippen molar-refractivity contribution in [2.45, 2.75) is 4.90 Å². The molecular weight excluding hydrogens is 328 g/mol. The lowest BCUT2D eigenvalue weighted by molar-refractivity contribution is 0.519. The fraction of sp³-hybridized carbons (Fsp3) is 0.444. The summed E-state index contributed by atoms with van der Waals surface area (Å²) in [5.74, 6) is -0.337. The van der Waals surface area contributed by atoms with E-state index in [1.165, 1.54) is 14.1 Å². The minimum atomic E-state index is -3.88. The third-order valence-corrected chi connectivity index (χ3v) is 5.93. The first-order chi connectivity index (χ1) is 9.06. The van der Waals surface area contributed by atoms with Crippen molar-refractivity contribution in [1.82, 2.24) is 14.0 Å². The van der Waals surface area contributed by atoms with E-state index >= 15 is 0 Å². The second kappa shape index (κ2) is 6.22. The number of pyridine rings is 1. The normalized spacial score (nSPS) is 12.8. The largest absolute Gasteiger partial charge is 0.382 e. The van der Waals surface area contributed by atoms with Crippen LogP contribution in [0.25, 0.3) is 0 Å². The molecule has 0 bridgehead atoms. The molecule has 0 atom stereocenters. The molecule has 1 aromatic heterocycles. The first kappa shape index (κ1) is 17.1. The number of nitrogens with one attached hydrogen (secondary N) is 1. The first-order valence-corrected chi connectivity index (χ1v) is 8.84. The van der Waals surface area contributed by atoms with Gasteiger partial charge in [-0.1, -0.05) is 11.6 Å². The van der Waals surface area contributed by atoms with Crippen molar-refractivity contribution in [2.24, 2.45) is 0 Å². The van der Waals surface area contributed by atoms with E-state index in [1.54, 1.807) is 0 Å². The summed E-state index contributed by atoms with van der Waals surface area (Å²) in [6.45, 7) is -0.259. The zero-order valence-electron chi connectivity index (χ0n) is 10.9. The van der Waals surface area contributed by atoms with Gasteiger partial charge in [-0.15, -0.1) is 0 Å². The SMILES string of the molecule is CN(C)S(=O)(=O)CCNS(=O)(=O)c1cnc(N)c(Cl)c1. The van der Waals surface area contributed by atoms with Gasteiger partial charge in [0.15, 0.2) is 0 Å². The molecule has 0 saturated heterocycles. The minimum absolute atomic E-state index is 0.00814. The molecule has 1 aromatic rings. The zero-order valence-corrected chi connectivity index (χ0v) is 13.3. The second-order valence-electron chi connectivity index (χ2n) is 4.03. The second-order valence-corrected chi connectivity index (χ2v) is 8.51. The number of nitrogens with two attached hydrogens (primary N) is 1. The van der Waals surface area contributed by atoms with E-state index < -0.39 is 20.0 Å². The van der Waals surface area contributed by atoms with Crippen molar-refractivity contribution < 1.29 is 16.8 Å². The van der Waals surface area contributed by atoms with Crippen LogP contribution in [0.2, 0.25) is 5.02 Å². The smallest absolute Gasteiger partial charge is 0.242 e. The number of halogens is 1. The Morgan fingerprint density at radius 2 is 1.95 bits per heavy atom. The molecule has 8 nitrogen and oxygen atoms in total. The Hall–Kier alpha value is -0.940. The molecule has 114 valence electrons. The average Bonchev–Trinajstić information content (AvgIpc) is 2.31. The molecule has 11 heteroatoms. The molecule has 1 heterocycles. The minimum Gasteiger partial charge on any atom is -0.382 e. The van der Waals surface area contributed by atoms with Crippen molar-refractivity contribution in [2.75, 3.05) is 32.1 Å². The fourth-order valence-corrected chi connectivity index (χ4v) is 3.24. The molecular formula is C9H15ClN4O4S2. The van der Waals surface area contributed by atoms with E-state index in [0.717, 1.165) is 16.6 Å². The molecule has 0 unspecified atom stereocenters. The summed E-state index contributed by atoms with van der Waals surface area (Å²) in [4.78, 5) is 3.45. The number of nitrogen functional groups attached to an aromatic ring is 1. The summed E-state index contributed by atoms with van der Waals surface area (Å²) < 4.78 is 49.9. The van der Waals surface area contributed by atoms with E-state index in [1.807, 2.05) is 0 Å². The Labute approximate surface area is 123 Å². The van der Waals surface area contributed by atoms with Gasteiger partial charge in [-0.25, -0.2) is 30.8 Å². The molecule has 0 saturated carbocycles. The summed E-state index contributed by atoms with van der Waals surface area (Å²) in [6, 6.07) is 1.15. The Balaban J connectivity index is 2.79. The van der Waals surface area contributed by atoms with Gasteiger partial charge in [0.05, 0.1) is 10.8 Å². The molecule has 0 amide bonds. The Morgan fingerprint density at radius 3 is 2.45 bits per heavy atom. The van der Waals surface area contributed by atoms with Gasteiger partial charge in [-0.05, 0) is 6.07 Å². The van der Waals surface area contributed by atoms with Gasteiger partial charge in [-0.2, -0.15) is 0 Å². The van der Waals surface area contributed by atoms with Crippen LogP contribution >= 0.6 is 11.6 Å². The average molecular weight is 343 g/mol. The summed E-state index contributed by atoms with van der Waals surface area (Å²) in [5.41, 5.74) is 5.38. The highest BCUT2D eigenvalue weighted by atomic mass is 35.5. The predicted molar refractivity (Wildman–Crippen MR) is 76.3 cm³/mol. The van der Waals surface area contributed by atoms with Crippen LogP contribution in [-0.4, -0.2) is 52.5 Å². The molecule has 0 aliphatic rings. The van der Waals surface area contributed by atoms with Crippen LogP contribution in [0.3, 0.4) is 0 Å². The summed E-state index contributed by atoms with van der Waals surface area (Å²) in [7, 11) is -4.62. The van der Waals surface area contributed by atoms with Gasteiger partial charge in [0.1, 0.15) is 10.7 Å². The summed E-state index contributed by atoms with van der Waals surface area (Å²) in [6.07, 6.45) is 1.05. The quantitative estimate of drug-likeness (QED) is 0.717. The number of rotatable bonds is 6. The van der Waals surface area contributed by atoms with Crippen LogP contribution in [0, 0.1) is 0 Å². The summed E-state index contributed by atoms with van der Waals surface area (Å²) >= 11 is 5.69. The van der Waals surface area contributed by atoms with E-state index in [0.29, 0.717) is 0 Å². The van der Waals surface area contributed by atoms with Gasteiger partial charge in [0.25, 0.3) is 0 Å². The number of nitrogens with zero attached hydrogens (tertiary/aromatic N) is 2. The third-order valence-electron chi connectivity index (χ3n) is 2.36. The van der Waals surface area contributed by atoms with E-state index in [2.05, 4.69) is 9.71 Å². The molecule has 20 heavy (non-hydrogen) atoms. The molecule has 0 fully saturated rings. The highest BCUT2D eigenvalue weighted by molar-refractivity contribution is 7.90. The number of aromatic nitrogens is 1. The predicted octanol–water partition coefficient (Wildman–Crippen LogP) is -0.513. The fourth-order valence-electron chi connectivity index (χ4n) is 1.15. The molecule has 0 radical (unpaired) electrons. The highest BCUT2D eigenvalue weighted by Gasteiger charge is 2.18. The van der Waals surface area contributed by atoms with Crippen LogP contribution in [0.1, 0.15) is 0 Å². The Morgan fingerprint density at radius 1 is 1.35 bits per heavy atom. The number of hydrogen-bond acceptors (Lipinski definition) is 6. The molecule has 3 N–H and O–H groups in total. The summed E-state index contributed by atoms with van der Waals surface area (Å²) in [5, 5.41) is 0.00814. The lowest BCUT2D eigenvalue weighted by atomic mass is 10.5. The topological polar surface area (TPSA) is 122 Å². The van der Waals surface area contributed by atoms with E-state index in [9.17, 15) is 16.8 Å². The van der Waals surface area contributed by atoms with Crippen LogP contribution in [-0.2, 0) is 20.0 Å².